The SMILES string of the molecule is CC(C)[C@H](NC(=O)CC[C@@H](C)[C@H]1CC[C@H]2[C@@H]3[C@H](O)[C@@H](O)[C@@H]4C[C@H](O)CC[C@]4(C)[C@H]3CC[C@]12C)C(=O)O. The van der Waals surface area contributed by atoms with Crippen molar-refractivity contribution >= 4 is 11.9 Å². The molecule has 0 saturated heterocycles. The van der Waals surface area contributed by atoms with Crippen LogP contribution in [-0.4, -0.2) is 56.7 Å². The van der Waals surface area contributed by atoms with Crippen molar-refractivity contribution in [2.24, 2.45) is 52.3 Å². The van der Waals surface area contributed by atoms with Crippen molar-refractivity contribution in [1.29, 1.82) is 0 Å². The summed E-state index contributed by atoms with van der Waals surface area (Å²) in [6, 6.07) is -0.859. The first-order valence-corrected chi connectivity index (χ1v) is 14.4. The van der Waals surface area contributed by atoms with Gasteiger partial charge in [0.1, 0.15) is 6.04 Å². The zero-order valence-electron chi connectivity index (χ0n) is 22.8. The highest BCUT2D eigenvalue weighted by molar-refractivity contribution is 5.83. The van der Waals surface area contributed by atoms with Gasteiger partial charge in [-0.1, -0.05) is 34.6 Å². The minimum absolute atomic E-state index is 0.0389. The lowest BCUT2D eigenvalue weighted by molar-refractivity contribution is -0.223. The van der Waals surface area contributed by atoms with Gasteiger partial charge < -0.3 is 25.7 Å². The molecule has 0 radical (unpaired) electrons. The molecule has 0 unspecified atom stereocenters. The molecule has 206 valence electrons. The van der Waals surface area contributed by atoms with Crippen LogP contribution in [0.15, 0.2) is 0 Å². The van der Waals surface area contributed by atoms with Crippen molar-refractivity contribution in [2.75, 3.05) is 0 Å². The Kier molecular flexibility index (Phi) is 7.87. The topological polar surface area (TPSA) is 127 Å². The Labute approximate surface area is 216 Å². The number of carbonyl (C=O) groups excluding carboxylic acids is 1. The highest BCUT2D eigenvalue weighted by Gasteiger charge is 2.65. The molecule has 7 heteroatoms. The Morgan fingerprint density at radius 2 is 1.53 bits per heavy atom. The van der Waals surface area contributed by atoms with Crippen LogP contribution in [0.3, 0.4) is 0 Å². The van der Waals surface area contributed by atoms with Crippen LogP contribution in [0.2, 0.25) is 0 Å². The Morgan fingerprint density at radius 3 is 2.17 bits per heavy atom. The quantitative estimate of drug-likeness (QED) is 0.358. The first-order chi connectivity index (χ1) is 16.8. The molecule has 0 aliphatic heterocycles. The van der Waals surface area contributed by atoms with E-state index in [1.807, 2.05) is 0 Å². The van der Waals surface area contributed by atoms with Crippen LogP contribution in [-0.2, 0) is 9.59 Å². The Bertz CT molecular complexity index is 833. The highest BCUT2D eigenvalue weighted by Crippen LogP contribution is 2.68. The molecule has 12 atom stereocenters. The van der Waals surface area contributed by atoms with Gasteiger partial charge in [-0.25, -0.2) is 4.79 Å². The lowest BCUT2D eigenvalue weighted by Gasteiger charge is -2.63. The Hall–Kier alpha value is -1.18. The molecule has 0 spiro atoms. The number of amides is 1. The number of nitrogens with one attached hydrogen (secondary N) is 1. The van der Waals surface area contributed by atoms with Crippen LogP contribution < -0.4 is 5.32 Å². The van der Waals surface area contributed by atoms with Crippen molar-refractivity contribution in [3.63, 3.8) is 0 Å². The Morgan fingerprint density at radius 1 is 0.889 bits per heavy atom. The summed E-state index contributed by atoms with van der Waals surface area (Å²) >= 11 is 0. The fourth-order valence-corrected chi connectivity index (χ4v) is 9.53. The lowest BCUT2D eigenvalue weighted by atomic mass is 9.43. The largest absolute Gasteiger partial charge is 0.480 e. The third-order valence-corrected chi connectivity index (χ3v) is 11.6. The summed E-state index contributed by atoms with van der Waals surface area (Å²) in [5.41, 5.74) is 0.0272. The summed E-state index contributed by atoms with van der Waals surface area (Å²) in [4.78, 5) is 24.0. The van der Waals surface area contributed by atoms with Gasteiger partial charge in [0.2, 0.25) is 5.91 Å². The van der Waals surface area contributed by atoms with E-state index in [4.69, 9.17) is 0 Å². The molecule has 1 amide bonds. The molecular weight excluding hydrogens is 458 g/mol. The molecule has 5 N–H and O–H groups in total. The highest BCUT2D eigenvalue weighted by atomic mass is 16.4. The third-order valence-electron chi connectivity index (χ3n) is 11.6. The van der Waals surface area contributed by atoms with Gasteiger partial charge in [0.25, 0.3) is 0 Å². The smallest absolute Gasteiger partial charge is 0.326 e. The van der Waals surface area contributed by atoms with Gasteiger partial charge >= 0.3 is 5.97 Å². The molecule has 36 heavy (non-hydrogen) atoms. The van der Waals surface area contributed by atoms with Crippen LogP contribution in [0.25, 0.3) is 0 Å². The van der Waals surface area contributed by atoms with Crippen LogP contribution in [0.5, 0.6) is 0 Å². The average Bonchev–Trinajstić information content (AvgIpc) is 3.17. The van der Waals surface area contributed by atoms with Gasteiger partial charge in [0.15, 0.2) is 0 Å². The minimum atomic E-state index is -0.994. The van der Waals surface area contributed by atoms with E-state index >= 15 is 0 Å². The molecule has 4 aliphatic rings. The maximum absolute atomic E-state index is 12.6. The molecule has 0 aromatic carbocycles. The van der Waals surface area contributed by atoms with Gasteiger partial charge in [-0.2, -0.15) is 0 Å². The second-order valence-electron chi connectivity index (χ2n) is 13.7. The predicted molar refractivity (Wildman–Crippen MR) is 137 cm³/mol. The van der Waals surface area contributed by atoms with E-state index in [0.29, 0.717) is 36.5 Å². The van der Waals surface area contributed by atoms with E-state index in [0.717, 1.165) is 44.9 Å². The first kappa shape index (κ1) is 27.8. The second kappa shape index (κ2) is 10.2. The van der Waals surface area contributed by atoms with Crippen molar-refractivity contribution < 1.29 is 30.0 Å². The van der Waals surface area contributed by atoms with Crippen molar-refractivity contribution in [3.05, 3.63) is 0 Å². The van der Waals surface area contributed by atoms with Gasteiger partial charge in [0, 0.05) is 6.42 Å². The number of fused-ring (bicyclic) bond motifs is 5. The molecule has 4 aliphatic carbocycles. The number of rotatable bonds is 7. The van der Waals surface area contributed by atoms with Crippen LogP contribution in [0.4, 0.5) is 0 Å². The number of carbonyl (C=O) groups is 2. The summed E-state index contributed by atoms with van der Waals surface area (Å²) in [6.07, 6.45) is 5.67. The van der Waals surface area contributed by atoms with Gasteiger partial charge in [0.05, 0.1) is 18.3 Å². The van der Waals surface area contributed by atoms with Crippen LogP contribution in [0, 0.1) is 52.3 Å². The van der Waals surface area contributed by atoms with Gasteiger partial charge in [-0.05, 0) is 104 Å². The molecule has 0 aromatic heterocycles. The van der Waals surface area contributed by atoms with E-state index in [-0.39, 0.29) is 40.6 Å². The summed E-state index contributed by atoms with van der Waals surface area (Å²) in [5.74, 6) is 0.166. The number of hydrogen-bond donors (Lipinski definition) is 5. The second-order valence-corrected chi connectivity index (χ2v) is 13.7. The molecule has 7 nitrogen and oxygen atoms in total. The molecule has 0 heterocycles. The number of aliphatic carboxylic acids is 1. The van der Waals surface area contributed by atoms with Gasteiger partial charge in [-0.3, -0.25) is 4.79 Å². The zero-order valence-corrected chi connectivity index (χ0v) is 22.8. The summed E-state index contributed by atoms with van der Waals surface area (Å²) < 4.78 is 0. The van der Waals surface area contributed by atoms with Crippen molar-refractivity contribution in [3.8, 4) is 0 Å². The minimum Gasteiger partial charge on any atom is -0.480 e. The molecule has 0 aromatic rings. The van der Waals surface area contributed by atoms with E-state index in [9.17, 15) is 30.0 Å². The monoisotopic (exact) mass is 507 g/mol. The number of carboxylic acid groups (broad SMARTS) is 1. The molecule has 0 bridgehead atoms. The number of aliphatic hydroxyl groups excluding tert-OH is 3. The fourth-order valence-electron chi connectivity index (χ4n) is 9.53. The van der Waals surface area contributed by atoms with Crippen molar-refractivity contribution in [2.45, 2.75) is 117 Å². The molecular formula is C29H49NO6. The Balaban J connectivity index is 1.44. The summed E-state index contributed by atoms with van der Waals surface area (Å²) in [5, 5.41) is 45.0. The zero-order chi connectivity index (χ0) is 26.6. The molecule has 4 saturated carbocycles. The molecule has 4 fully saturated rings. The van der Waals surface area contributed by atoms with E-state index < -0.39 is 24.2 Å². The molecule has 4 rings (SSSR count). The van der Waals surface area contributed by atoms with E-state index in [1.54, 1.807) is 13.8 Å². The van der Waals surface area contributed by atoms with Crippen LogP contribution in [0.1, 0.15) is 92.4 Å². The van der Waals surface area contributed by atoms with E-state index in [2.05, 4.69) is 26.1 Å². The van der Waals surface area contributed by atoms with Gasteiger partial charge in [-0.15, -0.1) is 0 Å². The lowest BCUT2D eigenvalue weighted by Crippen LogP contribution is -2.64. The average molecular weight is 508 g/mol. The fraction of sp³-hybridized carbons (Fsp3) is 0.931. The van der Waals surface area contributed by atoms with Crippen LogP contribution >= 0.6 is 0 Å². The number of aliphatic hydroxyl groups is 3. The maximum atomic E-state index is 12.6. The standard InChI is InChI=1S/C29H49NO6/c1-15(2)24(27(35)36)30-22(32)9-6-16(3)18-7-8-19-23-20(11-13-28(18,19)4)29(5)12-10-17(31)14-21(29)25(33)26(23)34/h15-21,23-26,31,33-34H,6-14H2,1-5H3,(H,30,32)(H,35,36)/t16-,17-,18-,19+,20+,21+,23+,24+,25+,26+,28-,29-/m1/s1. The maximum Gasteiger partial charge on any atom is 0.326 e. The van der Waals surface area contributed by atoms with E-state index in [1.165, 1.54) is 0 Å². The summed E-state index contributed by atoms with van der Waals surface area (Å²) in [6.45, 7) is 10.5. The normalized spacial score (nSPS) is 45.8. The number of carboxylic acids is 1. The third kappa shape index (κ3) is 4.62. The predicted octanol–water partition coefficient (Wildman–Crippen LogP) is 3.59. The first-order valence-electron chi connectivity index (χ1n) is 14.4. The van der Waals surface area contributed by atoms with Crippen molar-refractivity contribution in [1.82, 2.24) is 5.32 Å². The summed E-state index contributed by atoms with van der Waals surface area (Å²) in [7, 11) is 0. The number of hydrogen-bond acceptors (Lipinski definition) is 5.